The van der Waals surface area contributed by atoms with Gasteiger partial charge in [0.05, 0.1) is 25.0 Å². The van der Waals surface area contributed by atoms with Crippen molar-refractivity contribution in [2.24, 2.45) is 11.8 Å². The van der Waals surface area contributed by atoms with Crippen molar-refractivity contribution < 1.29 is 9.53 Å². The fourth-order valence-corrected chi connectivity index (χ4v) is 2.19. The van der Waals surface area contributed by atoms with Crippen molar-refractivity contribution in [1.29, 1.82) is 5.26 Å². The number of methoxy groups -OCH3 is 1. The summed E-state index contributed by atoms with van der Waals surface area (Å²) in [5.41, 5.74) is 1.02. The molecule has 5 heteroatoms. The molecule has 4 unspecified atom stereocenters. The first-order valence-electron chi connectivity index (χ1n) is 5.93. The van der Waals surface area contributed by atoms with Crippen LogP contribution in [0.1, 0.15) is 19.8 Å². The molecule has 0 saturated carbocycles. The summed E-state index contributed by atoms with van der Waals surface area (Å²) >= 11 is 0. The van der Waals surface area contributed by atoms with Crippen LogP contribution in [-0.2, 0) is 9.53 Å². The van der Waals surface area contributed by atoms with Crippen LogP contribution in [0, 0.1) is 23.2 Å². The molecule has 0 aromatic carbocycles. The quantitative estimate of drug-likeness (QED) is 0.610. The topological polar surface area (TPSA) is 62.1 Å². The van der Waals surface area contributed by atoms with E-state index in [9.17, 15) is 4.79 Å². The van der Waals surface area contributed by atoms with Gasteiger partial charge in [0.15, 0.2) is 0 Å². The van der Waals surface area contributed by atoms with Gasteiger partial charge in [0.2, 0.25) is 0 Å². The van der Waals surface area contributed by atoms with E-state index >= 15 is 0 Å². The van der Waals surface area contributed by atoms with Gasteiger partial charge in [0, 0.05) is 6.04 Å². The van der Waals surface area contributed by atoms with Crippen LogP contribution < -0.4 is 5.09 Å². The number of allylic oxidation sites excluding steroid dienone is 4. The van der Waals surface area contributed by atoms with E-state index in [0.29, 0.717) is 6.42 Å². The third kappa shape index (κ3) is 3.94. The third-order valence-corrected chi connectivity index (χ3v) is 3.65. The largest absolute Gasteiger partial charge is 0.469 e. The molecule has 18 heavy (non-hydrogen) atoms. The molecule has 0 heterocycles. The van der Waals surface area contributed by atoms with E-state index in [1.165, 1.54) is 7.11 Å². The Balaban J connectivity index is 2.78. The number of esters is 1. The second-order valence-electron chi connectivity index (χ2n) is 4.40. The normalized spacial score (nSPS) is 21.7. The molecule has 0 aliphatic heterocycles. The standard InChI is InChI=1S/C13H19N2O2P/c1-9(15-18)12(13(16)17-2)7-10-4-3-5-11(6-10)8-14/h3-4,6,9,11-12,15H,5,7,18H2,1-2H3. The molecule has 0 aromatic rings. The second kappa shape index (κ2) is 7.31. The highest BCUT2D eigenvalue weighted by molar-refractivity contribution is 7.13. The van der Waals surface area contributed by atoms with Crippen LogP contribution in [0.4, 0.5) is 0 Å². The summed E-state index contributed by atoms with van der Waals surface area (Å²) in [6.45, 7) is 1.93. The summed E-state index contributed by atoms with van der Waals surface area (Å²) in [6, 6.07) is 2.23. The van der Waals surface area contributed by atoms with E-state index in [2.05, 4.69) is 20.5 Å². The molecule has 0 aromatic heterocycles. The molecule has 4 atom stereocenters. The van der Waals surface area contributed by atoms with Crippen molar-refractivity contribution in [3.8, 4) is 6.07 Å². The van der Waals surface area contributed by atoms with Gasteiger partial charge in [-0.2, -0.15) is 5.26 Å². The summed E-state index contributed by atoms with van der Waals surface area (Å²) in [5, 5.41) is 11.9. The Bertz CT molecular complexity index is 398. The van der Waals surface area contributed by atoms with Gasteiger partial charge in [-0.15, -0.1) is 0 Å². The van der Waals surface area contributed by atoms with Crippen molar-refractivity contribution in [1.82, 2.24) is 5.09 Å². The molecular formula is C13H19N2O2P. The molecule has 1 aliphatic carbocycles. The number of rotatable bonds is 5. The first-order chi connectivity index (χ1) is 8.62. The molecule has 0 bridgehead atoms. The van der Waals surface area contributed by atoms with Crippen LogP contribution in [0.25, 0.3) is 0 Å². The Labute approximate surface area is 110 Å². The van der Waals surface area contributed by atoms with Crippen LogP contribution in [0.15, 0.2) is 23.8 Å². The summed E-state index contributed by atoms with van der Waals surface area (Å²) in [7, 11) is 3.81. The average Bonchev–Trinajstić information content (AvgIpc) is 2.43. The number of hydrogen-bond donors (Lipinski definition) is 1. The van der Waals surface area contributed by atoms with Crippen molar-refractivity contribution >= 4 is 15.4 Å². The first kappa shape index (κ1) is 14.9. The lowest BCUT2D eigenvalue weighted by atomic mass is 9.88. The molecule has 1 aliphatic rings. The maximum absolute atomic E-state index is 11.7. The number of nitriles is 1. The first-order valence-corrected chi connectivity index (χ1v) is 6.51. The van der Waals surface area contributed by atoms with Gasteiger partial charge in [-0.1, -0.05) is 33.2 Å². The van der Waals surface area contributed by atoms with Gasteiger partial charge in [0.1, 0.15) is 0 Å². The number of ether oxygens (including phenoxy) is 1. The molecular weight excluding hydrogens is 247 g/mol. The number of carbonyl (C=O) groups is 1. The average molecular weight is 266 g/mol. The lowest BCUT2D eigenvalue weighted by molar-refractivity contribution is -0.146. The number of nitrogens with one attached hydrogen (secondary N) is 1. The minimum atomic E-state index is -0.249. The maximum atomic E-state index is 11.7. The lowest BCUT2D eigenvalue weighted by Gasteiger charge is -2.22. The van der Waals surface area contributed by atoms with Gasteiger partial charge < -0.3 is 4.74 Å². The summed E-state index contributed by atoms with van der Waals surface area (Å²) < 4.78 is 4.83. The van der Waals surface area contributed by atoms with Gasteiger partial charge >= 0.3 is 5.97 Å². The van der Waals surface area contributed by atoms with Crippen molar-refractivity contribution in [3.63, 3.8) is 0 Å². The van der Waals surface area contributed by atoms with E-state index in [4.69, 9.17) is 10.00 Å². The summed E-state index contributed by atoms with van der Waals surface area (Å²) in [6.07, 6.45) is 7.24. The highest BCUT2D eigenvalue weighted by atomic mass is 31.0. The number of carbonyl (C=O) groups excluding carboxylic acids is 1. The third-order valence-electron chi connectivity index (χ3n) is 3.13. The second-order valence-corrected chi connectivity index (χ2v) is 4.74. The Morgan fingerprint density at radius 2 is 2.50 bits per heavy atom. The smallest absolute Gasteiger partial charge is 0.310 e. The molecule has 0 saturated heterocycles. The molecule has 0 spiro atoms. The highest BCUT2D eigenvalue weighted by Crippen LogP contribution is 2.24. The van der Waals surface area contributed by atoms with Gasteiger partial charge in [-0.05, 0) is 19.8 Å². The fourth-order valence-electron chi connectivity index (χ4n) is 1.96. The van der Waals surface area contributed by atoms with E-state index < -0.39 is 0 Å². The molecule has 0 radical (unpaired) electrons. The van der Waals surface area contributed by atoms with E-state index in [1.807, 2.05) is 25.2 Å². The predicted octanol–water partition coefficient (Wildman–Crippen LogP) is 1.96. The molecule has 1 rings (SSSR count). The van der Waals surface area contributed by atoms with Gasteiger partial charge in [-0.25, -0.2) is 0 Å². The summed E-state index contributed by atoms with van der Waals surface area (Å²) in [4.78, 5) is 11.7. The molecule has 4 nitrogen and oxygen atoms in total. The zero-order chi connectivity index (χ0) is 13.5. The van der Waals surface area contributed by atoms with Crippen LogP contribution in [0.3, 0.4) is 0 Å². The molecule has 0 amide bonds. The van der Waals surface area contributed by atoms with Crippen molar-refractivity contribution in [2.45, 2.75) is 25.8 Å². The van der Waals surface area contributed by atoms with Crippen LogP contribution in [0.2, 0.25) is 0 Å². The predicted molar refractivity (Wildman–Crippen MR) is 73.4 cm³/mol. The Morgan fingerprint density at radius 1 is 1.78 bits per heavy atom. The SMILES string of the molecule is COC(=O)C(CC1=CC(C#N)CC=C1)C(C)NP. The van der Waals surface area contributed by atoms with Crippen LogP contribution in [0.5, 0.6) is 0 Å². The molecule has 98 valence electrons. The number of nitrogens with zero attached hydrogens (tertiary/aromatic N) is 1. The molecule has 0 fully saturated rings. The Kier molecular flexibility index (Phi) is 6.04. The zero-order valence-corrected chi connectivity index (χ0v) is 11.9. The Hall–Kier alpha value is -1.17. The van der Waals surface area contributed by atoms with Crippen molar-refractivity contribution in [2.75, 3.05) is 7.11 Å². The van der Waals surface area contributed by atoms with Crippen molar-refractivity contribution in [3.05, 3.63) is 23.8 Å². The van der Waals surface area contributed by atoms with Gasteiger partial charge in [0.25, 0.3) is 0 Å². The van der Waals surface area contributed by atoms with E-state index in [-0.39, 0.29) is 23.8 Å². The lowest BCUT2D eigenvalue weighted by Crippen LogP contribution is -2.34. The minimum Gasteiger partial charge on any atom is -0.469 e. The summed E-state index contributed by atoms with van der Waals surface area (Å²) in [5.74, 6) is -0.561. The minimum absolute atomic E-state index is 0.000729. The van der Waals surface area contributed by atoms with E-state index in [0.717, 1.165) is 12.0 Å². The monoisotopic (exact) mass is 266 g/mol. The fraction of sp³-hybridized carbons (Fsp3) is 0.538. The van der Waals surface area contributed by atoms with Gasteiger partial charge in [-0.3, -0.25) is 9.88 Å². The van der Waals surface area contributed by atoms with Crippen LogP contribution in [-0.4, -0.2) is 19.1 Å². The van der Waals surface area contributed by atoms with E-state index in [1.54, 1.807) is 0 Å². The zero-order valence-electron chi connectivity index (χ0n) is 10.7. The highest BCUT2D eigenvalue weighted by Gasteiger charge is 2.26. The number of hydrogen-bond acceptors (Lipinski definition) is 4. The van der Waals surface area contributed by atoms with Crippen LogP contribution >= 0.6 is 9.39 Å². The Morgan fingerprint density at radius 3 is 3.06 bits per heavy atom. The molecule has 1 N–H and O–H groups in total. The maximum Gasteiger partial charge on any atom is 0.310 e.